The van der Waals surface area contributed by atoms with Gasteiger partial charge in [-0.3, -0.25) is 4.79 Å². The summed E-state index contributed by atoms with van der Waals surface area (Å²) in [6, 6.07) is 14.6. The summed E-state index contributed by atoms with van der Waals surface area (Å²) in [5.74, 6) is 0.220. The number of nitrogens with one attached hydrogen (secondary N) is 2. The molecule has 0 unspecified atom stereocenters. The van der Waals surface area contributed by atoms with E-state index >= 15 is 0 Å². The van der Waals surface area contributed by atoms with Crippen LogP contribution < -0.4 is 10.6 Å². The number of hydrogen-bond donors (Lipinski definition) is 2. The number of carbonyl (C=O) groups is 1. The van der Waals surface area contributed by atoms with E-state index in [1.807, 2.05) is 0 Å². The molecule has 0 bridgehead atoms. The molecule has 1 amide bonds. The van der Waals surface area contributed by atoms with Gasteiger partial charge in [0.05, 0.1) is 27.9 Å². The normalized spacial score (nSPS) is 11.0. The van der Waals surface area contributed by atoms with E-state index in [1.165, 1.54) is 24.5 Å². The molecule has 0 fully saturated rings. The molecule has 3 aromatic rings. The largest absolute Gasteiger partial charge is 0.324 e. The number of carbonyl (C=O) groups excluding carboxylic acids is 1. The van der Waals surface area contributed by atoms with Crippen molar-refractivity contribution in [1.29, 1.82) is 0 Å². The minimum atomic E-state index is -3.55. The summed E-state index contributed by atoms with van der Waals surface area (Å²) < 4.78 is 25.1. The molecule has 0 radical (unpaired) electrons. The van der Waals surface area contributed by atoms with Crippen molar-refractivity contribution in [3.63, 3.8) is 0 Å². The maximum absolute atomic E-state index is 12.6. The van der Waals surface area contributed by atoms with Crippen molar-refractivity contribution in [2.75, 3.05) is 10.6 Å². The van der Waals surface area contributed by atoms with Crippen molar-refractivity contribution < 1.29 is 13.2 Å². The van der Waals surface area contributed by atoms with Crippen LogP contribution in [0.4, 0.5) is 17.3 Å². The van der Waals surface area contributed by atoms with E-state index in [0.717, 1.165) is 0 Å². The number of sulfone groups is 1. The first-order chi connectivity index (χ1) is 13.0. The molecular weight excluding hydrogens is 364 g/mol. The van der Waals surface area contributed by atoms with Crippen molar-refractivity contribution >= 4 is 33.1 Å². The molecule has 0 saturated carbocycles. The zero-order chi connectivity index (χ0) is 19.3. The predicted molar refractivity (Wildman–Crippen MR) is 103 cm³/mol. The molecule has 1 aromatic heterocycles. The van der Waals surface area contributed by atoms with Crippen molar-refractivity contribution in [2.45, 2.75) is 23.1 Å². The number of hydrogen-bond acceptors (Lipinski definition) is 6. The zero-order valence-electron chi connectivity index (χ0n) is 14.6. The van der Waals surface area contributed by atoms with Gasteiger partial charge in [-0.2, -0.15) is 0 Å². The van der Waals surface area contributed by atoms with Gasteiger partial charge in [-0.1, -0.05) is 25.1 Å². The fraction of sp³-hybridized carbons (Fsp3) is 0.105. The van der Waals surface area contributed by atoms with Crippen molar-refractivity contribution in [3.05, 3.63) is 67.0 Å². The van der Waals surface area contributed by atoms with Gasteiger partial charge in [-0.25, -0.2) is 18.4 Å². The highest BCUT2D eigenvalue weighted by atomic mass is 32.2. The van der Waals surface area contributed by atoms with Crippen LogP contribution in [0, 0.1) is 0 Å². The number of amides is 1. The summed E-state index contributed by atoms with van der Waals surface area (Å²) in [5, 5.41) is 5.65. The lowest BCUT2D eigenvalue weighted by molar-refractivity contribution is -0.115. The minimum absolute atomic E-state index is 0.116. The van der Waals surface area contributed by atoms with Gasteiger partial charge >= 0.3 is 0 Å². The van der Waals surface area contributed by atoms with Crippen molar-refractivity contribution in [3.8, 4) is 0 Å². The summed E-state index contributed by atoms with van der Waals surface area (Å²) in [4.78, 5) is 20.0. The Labute approximate surface area is 157 Å². The predicted octanol–water partition coefficient (Wildman–Crippen LogP) is 3.40. The molecule has 0 spiro atoms. The second-order valence-electron chi connectivity index (χ2n) is 5.66. The molecule has 0 saturated heterocycles. The first-order valence-corrected chi connectivity index (χ1v) is 9.76. The summed E-state index contributed by atoms with van der Waals surface area (Å²) in [6.45, 7) is 1.76. The van der Waals surface area contributed by atoms with Crippen LogP contribution >= 0.6 is 0 Å². The summed E-state index contributed by atoms with van der Waals surface area (Å²) in [5.41, 5.74) is 1.16. The monoisotopic (exact) mass is 382 g/mol. The molecule has 7 nitrogen and oxygen atoms in total. The zero-order valence-corrected chi connectivity index (χ0v) is 15.4. The Kier molecular flexibility index (Phi) is 5.46. The minimum Gasteiger partial charge on any atom is -0.324 e. The Morgan fingerprint density at radius 1 is 0.889 bits per heavy atom. The average Bonchev–Trinajstić information content (AvgIpc) is 2.70. The molecule has 1 heterocycles. The molecule has 0 aliphatic heterocycles. The molecule has 138 valence electrons. The van der Waals surface area contributed by atoms with Crippen molar-refractivity contribution in [1.82, 2.24) is 9.97 Å². The molecular formula is C19H18N4O3S. The topological polar surface area (TPSA) is 101 Å². The van der Waals surface area contributed by atoms with Gasteiger partial charge in [0, 0.05) is 12.1 Å². The maximum atomic E-state index is 12.6. The number of aromatic nitrogens is 2. The van der Waals surface area contributed by atoms with E-state index in [-0.39, 0.29) is 15.7 Å². The van der Waals surface area contributed by atoms with E-state index in [1.54, 1.807) is 49.4 Å². The molecule has 27 heavy (non-hydrogen) atoms. The van der Waals surface area contributed by atoms with Crippen LogP contribution in [0.1, 0.15) is 13.3 Å². The van der Waals surface area contributed by atoms with E-state index < -0.39 is 9.84 Å². The Morgan fingerprint density at radius 3 is 2.07 bits per heavy atom. The number of anilines is 3. The smallest absolute Gasteiger partial charge is 0.227 e. The highest BCUT2D eigenvalue weighted by Crippen LogP contribution is 2.23. The average molecular weight is 382 g/mol. The van der Waals surface area contributed by atoms with Crippen LogP contribution in [-0.2, 0) is 14.6 Å². The Hall–Kier alpha value is -3.26. The molecule has 8 heteroatoms. The molecule has 2 aromatic carbocycles. The number of benzene rings is 2. The molecule has 0 aliphatic rings. The van der Waals surface area contributed by atoms with Crippen LogP contribution in [0.25, 0.3) is 0 Å². The Morgan fingerprint density at radius 2 is 1.48 bits per heavy atom. The third kappa shape index (κ3) is 4.48. The summed E-state index contributed by atoms with van der Waals surface area (Å²) in [7, 11) is -3.55. The van der Waals surface area contributed by atoms with Gasteiger partial charge in [0.15, 0.2) is 0 Å². The Balaban J connectivity index is 1.72. The van der Waals surface area contributed by atoms with E-state index in [4.69, 9.17) is 0 Å². The van der Waals surface area contributed by atoms with E-state index in [9.17, 15) is 13.2 Å². The van der Waals surface area contributed by atoms with Crippen LogP contribution in [0.15, 0.2) is 76.8 Å². The highest BCUT2D eigenvalue weighted by Gasteiger charge is 2.16. The fourth-order valence-corrected chi connectivity index (χ4v) is 3.57. The third-order valence-corrected chi connectivity index (χ3v) is 5.52. The molecule has 2 N–H and O–H groups in total. The molecule has 3 rings (SSSR count). The first kappa shape index (κ1) is 18.5. The van der Waals surface area contributed by atoms with Crippen LogP contribution in [0.2, 0.25) is 0 Å². The third-order valence-electron chi connectivity index (χ3n) is 3.73. The van der Waals surface area contributed by atoms with Crippen LogP contribution in [-0.4, -0.2) is 24.3 Å². The van der Waals surface area contributed by atoms with Gasteiger partial charge in [0.1, 0.15) is 0 Å². The maximum Gasteiger partial charge on any atom is 0.227 e. The second kappa shape index (κ2) is 7.96. The first-order valence-electron chi connectivity index (χ1n) is 8.28. The lowest BCUT2D eigenvalue weighted by Gasteiger charge is -2.08. The van der Waals surface area contributed by atoms with Gasteiger partial charge in [0.2, 0.25) is 21.7 Å². The number of nitrogens with zero attached hydrogens (tertiary/aromatic N) is 2. The second-order valence-corrected chi connectivity index (χ2v) is 7.61. The lowest BCUT2D eigenvalue weighted by Crippen LogP contribution is -2.10. The van der Waals surface area contributed by atoms with E-state index in [0.29, 0.717) is 23.7 Å². The lowest BCUT2D eigenvalue weighted by atomic mass is 10.3. The van der Waals surface area contributed by atoms with Gasteiger partial charge < -0.3 is 10.6 Å². The quantitative estimate of drug-likeness (QED) is 0.678. The van der Waals surface area contributed by atoms with Gasteiger partial charge in [-0.05, 0) is 36.4 Å². The summed E-state index contributed by atoms with van der Waals surface area (Å²) in [6.07, 6.45) is 3.37. The summed E-state index contributed by atoms with van der Waals surface area (Å²) >= 11 is 0. The Bertz CT molecular complexity index is 1020. The van der Waals surface area contributed by atoms with E-state index in [2.05, 4.69) is 20.6 Å². The molecule has 0 atom stereocenters. The van der Waals surface area contributed by atoms with Gasteiger partial charge in [-0.15, -0.1) is 0 Å². The van der Waals surface area contributed by atoms with Crippen LogP contribution in [0.5, 0.6) is 0 Å². The van der Waals surface area contributed by atoms with Gasteiger partial charge in [0.25, 0.3) is 0 Å². The molecule has 0 aliphatic carbocycles. The number of rotatable bonds is 6. The van der Waals surface area contributed by atoms with Crippen LogP contribution in [0.3, 0.4) is 0 Å². The highest BCUT2D eigenvalue weighted by molar-refractivity contribution is 7.91. The standard InChI is InChI=1S/C19H18N4O3S/c1-2-18(24)22-15-12-20-19(21-13-15)23-14-8-10-17(11-9-14)27(25,26)16-6-4-3-5-7-16/h3-13H,2H2,1H3,(H,22,24)(H,20,21,23). The van der Waals surface area contributed by atoms with Crippen molar-refractivity contribution in [2.24, 2.45) is 0 Å². The fourth-order valence-electron chi connectivity index (χ4n) is 2.29. The SMILES string of the molecule is CCC(=O)Nc1cnc(Nc2ccc(S(=O)(=O)c3ccccc3)cc2)nc1.